The first-order valence-electron chi connectivity index (χ1n) is 10.7. The van der Waals surface area contributed by atoms with Crippen LogP contribution in [0, 0.1) is 0 Å². The summed E-state index contributed by atoms with van der Waals surface area (Å²) in [6.07, 6.45) is 1.93. The number of hydrogen-bond donors (Lipinski definition) is 1. The molecule has 4 rings (SSSR count). The molecule has 0 spiro atoms. The van der Waals surface area contributed by atoms with Gasteiger partial charge in [-0.1, -0.05) is 69.3 Å². The number of ether oxygens (including phenoxy) is 1. The fourth-order valence-electron chi connectivity index (χ4n) is 3.43. The van der Waals surface area contributed by atoms with Crippen molar-refractivity contribution in [2.24, 2.45) is 0 Å². The van der Waals surface area contributed by atoms with E-state index in [0.29, 0.717) is 30.9 Å². The van der Waals surface area contributed by atoms with E-state index in [1.54, 1.807) is 0 Å². The Hall–Kier alpha value is -3.55. The maximum Gasteiger partial charge on any atom is 0.335 e. The molecule has 160 valence electrons. The van der Waals surface area contributed by atoms with Gasteiger partial charge in [-0.15, -0.1) is 10.2 Å². The summed E-state index contributed by atoms with van der Waals surface area (Å²) in [7, 11) is 0. The summed E-state index contributed by atoms with van der Waals surface area (Å²) in [5.41, 5.74) is 4.29. The zero-order valence-electron chi connectivity index (χ0n) is 18.1. The molecule has 8 heteroatoms. The van der Waals surface area contributed by atoms with Gasteiger partial charge in [-0.05, 0) is 40.0 Å². The van der Waals surface area contributed by atoms with Gasteiger partial charge in [0.25, 0.3) is 0 Å². The van der Waals surface area contributed by atoms with Gasteiger partial charge in [0.2, 0.25) is 0 Å². The molecule has 2 aromatic carbocycles. The van der Waals surface area contributed by atoms with Crippen molar-refractivity contribution in [1.82, 2.24) is 35.4 Å². The van der Waals surface area contributed by atoms with Crippen molar-refractivity contribution >= 4 is 0 Å². The average molecular weight is 418 g/mol. The second-order valence-electron chi connectivity index (χ2n) is 7.56. The highest BCUT2D eigenvalue weighted by atomic mass is 16.5. The maximum absolute atomic E-state index is 5.67. The third-order valence-electron chi connectivity index (χ3n) is 5.29. The number of H-pyrrole nitrogens is 1. The highest BCUT2D eigenvalue weighted by Crippen LogP contribution is 2.30. The molecule has 0 saturated heterocycles. The predicted molar refractivity (Wildman–Crippen MR) is 119 cm³/mol. The van der Waals surface area contributed by atoms with Gasteiger partial charge in [0, 0.05) is 11.5 Å². The number of nitrogens with zero attached hydrogens (tertiary/aromatic N) is 6. The summed E-state index contributed by atoms with van der Waals surface area (Å²) in [5, 5.41) is 18.9. The Labute approximate surface area is 181 Å². The van der Waals surface area contributed by atoms with Gasteiger partial charge in [-0.3, -0.25) is 0 Å². The molecule has 1 unspecified atom stereocenters. The Morgan fingerprint density at radius 2 is 1.81 bits per heavy atom. The molecule has 0 fully saturated rings. The lowest BCUT2D eigenvalue weighted by Gasteiger charge is -2.11. The summed E-state index contributed by atoms with van der Waals surface area (Å²) in [6.45, 7) is 7.68. The van der Waals surface area contributed by atoms with Crippen molar-refractivity contribution in [2.75, 3.05) is 6.61 Å². The average Bonchev–Trinajstić information content (AvgIpc) is 3.48. The van der Waals surface area contributed by atoms with E-state index in [2.05, 4.69) is 81.8 Å². The highest BCUT2D eigenvalue weighted by molar-refractivity contribution is 5.80. The summed E-state index contributed by atoms with van der Waals surface area (Å²) >= 11 is 0. The minimum Gasteiger partial charge on any atom is -0.462 e. The Balaban J connectivity index is 1.58. The number of aromatic nitrogens is 7. The molecule has 0 aliphatic heterocycles. The number of nitrogens with one attached hydrogen (secondary N) is 1. The zero-order valence-corrected chi connectivity index (χ0v) is 18.1. The molecule has 8 nitrogen and oxygen atoms in total. The van der Waals surface area contributed by atoms with Crippen LogP contribution < -0.4 is 4.74 Å². The topological polar surface area (TPSA) is 94.4 Å². The van der Waals surface area contributed by atoms with Gasteiger partial charge in [0.05, 0.1) is 13.2 Å². The first-order valence-corrected chi connectivity index (χ1v) is 10.7. The number of tetrazole rings is 1. The van der Waals surface area contributed by atoms with Crippen LogP contribution >= 0.6 is 0 Å². The molecule has 1 atom stereocenters. The standard InChI is InChI=1S/C23H27N7O/c1-4-14-31-23-24-22(16(3)5-2)30(27-23)15-17-10-12-18(13-11-17)19-8-6-7-9-20(19)21-25-28-29-26-21/h6-13,16H,4-5,14-15H2,1-3H3,(H,25,26,28,29). The van der Waals surface area contributed by atoms with Crippen LogP contribution in [0.4, 0.5) is 0 Å². The summed E-state index contributed by atoms with van der Waals surface area (Å²) in [5.74, 6) is 1.93. The second-order valence-corrected chi connectivity index (χ2v) is 7.56. The third kappa shape index (κ3) is 4.63. The van der Waals surface area contributed by atoms with Crippen LogP contribution in [-0.4, -0.2) is 42.0 Å². The van der Waals surface area contributed by atoms with Crippen molar-refractivity contribution in [3.05, 3.63) is 59.9 Å². The quantitative estimate of drug-likeness (QED) is 0.432. The van der Waals surface area contributed by atoms with Crippen molar-refractivity contribution < 1.29 is 4.74 Å². The van der Waals surface area contributed by atoms with Gasteiger partial charge in [-0.25, -0.2) is 9.78 Å². The molecule has 0 aliphatic rings. The van der Waals surface area contributed by atoms with Gasteiger partial charge in [0.15, 0.2) is 5.82 Å². The highest BCUT2D eigenvalue weighted by Gasteiger charge is 2.17. The number of aromatic amines is 1. The van der Waals surface area contributed by atoms with Crippen molar-refractivity contribution in [3.8, 4) is 28.5 Å². The van der Waals surface area contributed by atoms with E-state index in [-0.39, 0.29) is 0 Å². The van der Waals surface area contributed by atoms with Crippen molar-refractivity contribution in [3.63, 3.8) is 0 Å². The monoisotopic (exact) mass is 417 g/mol. The fourth-order valence-corrected chi connectivity index (χ4v) is 3.43. The molecule has 0 radical (unpaired) electrons. The molecule has 0 aliphatic carbocycles. The Morgan fingerprint density at radius 1 is 1.03 bits per heavy atom. The third-order valence-corrected chi connectivity index (χ3v) is 5.29. The van der Waals surface area contributed by atoms with Crippen LogP contribution in [0.15, 0.2) is 48.5 Å². The summed E-state index contributed by atoms with van der Waals surface area (Å²) < 4.78 is 7.63. The SMILES string of the molecule is CCCOc1nc(C(C)CC)n(Cc2ccc(-c3ccccc3-c3nnn[nH]3)cc2)n1. The lowest BCUT2D eigenvalue weighted by atomic mass is 9.98. The molecular weight excluding hydrogens is 390 g/mol. The number of hydrogen-bond acceptors (Lipinski definition) is 6. The Kier molecular flexibility index (Phi) is 6.35. The van der Waals surface area contributed by atoms with E-state index in [4.69, 9.17) is 4.74 Å². The zero-order chi connectivity index (χ0) is 21.6. The summed E-state index contributed by atoms with van der Waals surface area (Å²) in [6, 6.07) is 17.0. The summed E-state index contributed by atoms with van der Waals surface area (Å²) in [4.78, 5) is 4.63. The maximum atomic E-state index is 5.67. The van der Waals surface area contributed by atoms with E-state index < -0.39 is 0 Å². The molecule has 2 aromatic heterocycles. The normalized spacial score (nSPS) is 12.1. The van der Waals surface area contributed by atoms with Crippen molar-refractivity contribution in [1.29, 1.82) is 0 Å². The smallest absolute Gasteiger partial charge is 0.335 e. The van der Waals surface area contributed by atoms with E-state index in [1.165, 1.54) is 0 Å². The van der Waals surface area contributed by atoms with E-state index in [9.17, 15) is 0 Å². The molecule has 4 aromatic rings. The largest absolute Gasteiger partial charge is 0.462 e. The molecule has 0 saturated carbocycles. The van der Waals surface area contributed by atoms with Crippen LogP contribution in [-0.2, 0) is 6.54 Å². The Morgan fingerprint density at radius 3 is 2.48 bits per heavy atom. The van der Waals surface area contributed by atoms with Crippen LogP contribution in [0.2, 0.25) is 0 Å². The molecular formula is C23H27N7O. The Bertz CT molecular complexity index is 1100. The van der Waals surface area contributed by atoms with Gasteiger partial charge >= 0.3 is 6.01 Å². The lowest BCUT2D eigenvalue weighted by molar-refractivity contribution is 0.291. The van der Waals surface area contributed by atoms with Gasteiger partial charge in [0.1, 0.15) is 5.82 Å². The van der Waals surface area contributed by atoms with Crippen LogP contribution in [0.3, 0.4) is 0 Å². The molecule has 1 N–H and O–H groups in total. The van der Waals surface area contributed by atoms with Gasteiger partial charge < -0.3 is 4.74 Å². The van der Waals surface area contributed by atoms with Crippen LogP contribution in [0.1, 0.15) is 50.9 Å². The van der Waals surface area contributed by atoms with E-state index in [1.807, 2.05) is 22.9 Å². The van der Waals surface area contributed by atoms with Crippen LogP contribution in [0.25, 0.3) is 22.5 Å². The molecule has 0 amide bonds. The van der Waals surface area contributed by atoms with Gasteiger partial charge in [-0.2, -0.15) is 4.98 Å². The van der Waals surface area contributed by atoms with Crippen molar-refractivity contribution in [2.45, 2.75) is 46.1 Å². The number of rotatable bonds is 9. The molecule has 31 heavy (non-hydrogen) atoms. The molecule has 2 heterocycles. The minimum absolute atomic E-state index is 0.313. The first kappa shape index (κ1) is 20.7. The predicted octanol–water partition coefficient (Wildman–Crippen LogP) is 4.48. The number of benzene rings is 2. The fraction of sp³-hybridized carbons (Fsp3) is 0.348. The van der Waals surface area contributed by atoms with Crippen LogP contribution in [0.5, 0.6) is 6.01 Å². The van der Waals surface area contributed by atoms with E-state index in [0.717, 1.165) is 40.9 Å². The lowest BCUT2D eigenvalue weighted by Crippen LogP contribution is -2.09. The first-order chi connectivity index (χ1) is 15.2. The molecule has 0 bridgehead atoms. The van der Waals surface area contributed by atoms with E-state index >= 15 is 0 Å². The minimum atomic E-state index is 0.313. The second kappa shape index (κ2) is 9.51.